The summed E-state index contributed by atoms with van der Waals surface area (Å²) in [5.41, 5.74) is 7.39. The summed E-state index contributed by atoms with van der Waals surface area (Å²) in [4.78, 5) is 27.1. The Balaban J connectivity index is 1.54. The predicted octanol–water partition coefficient (Wildman–Crippen LogP) is 2.40. The van der Waals surface area contributed by atoms with Gasteiger partial charge in [-0.15, -0.1) is 0 Å². The number of carbonyl (C=O) groups is 2. The number of likely N-dealkylation sites (tertiary alicyclic amines) is 1. The maximum Gasteiger partial charge on any atom is 0.241 e. The van der Waals surface area contributed by atoms with Crippen LogP contribution in [0.1, 0.15) is 50.6 Å². The molecule has 3 rings (SSSR count). The lowest BCUT2D eigenvalue weighted by molar-refractivity contribution is -0.137. The molecular weight excluding hydrogens is 364 g/mol. The number of carbonyl (C=O) groups excluding carboxylic acids is 2. The van der Waals surface area contributed by atoms with E-state index in [1.807, 2.05) is 29.2 Å². The largest absolute Gasteiger partial charge is 0.356 e. The molecule has 3 N–H and O–H groups in total. The molecule has 0 saturated carbocycles. The Bertz CT molecular complexity index is 669. The van der Waals surface area contributed by atoms with Crippen molar-refractivity contribution in [2.24, 2.45) is 5.92 Å². The Morgan fingerprint density at radius 2 is 2.19 bits per heavy atom. The molecule has 1 aromatic rings. The van der Waals surface area contributed by atoms with Crippen LogP contribution in [0, 0.1) is 5.92 Å². The number of piperidine rings is 1. The van der Waals surface area contributed by atoms with E-state index >= 15 is 0 Å². The Morgan fingerprint density at radius 3 is 2.96 bits per heavy atom. The number of benzene rings is 1. The molecule has 2 heterocycles. The highest BCUT2D eigenvalue weighted by Gasteiger charge is 2.36. The van der Waals surface area contributed by atoms with Gasteiger partial charge in [0.2, 0.25) is 11.8 Å². The van der Waals surface area contributed by atoms with Crippen LogP contribution in [-0.2, 0) is 9.59 Å². The maximum atomic E-state index is 12.9. The van der Waals surface area contributed by atoms with E-state index in [4.69, 9.17) is 11.6 Å². The fourth-order valence-corrected chi connectivity index (χ4v) is 4.00. The standard InChI is InChI=1S/C20H29ClN4O2/c1-2-3-9-22-19(26)15-7-5-10-25(13-15)20(27)18-12-17(23-24-18)14-6-4-8-16(21)11-14/h4,6,8,11,15,17-18,23-24H,2-3,5,7,9-10,12-13H2,1H3,(H,22,26). The minimum Gasteiger partial charge on any atom is -0.356 e. The van der Waals surface area contributed by atoms with Crippen molar-refractivity contribution in [2.75, 3.05) is 19.6 Å². The first-order valence-electron chi connectivity index (χ1n) is 9.91. The molecule has 6 nitrogen and oxygen atoms in total. The molecule has 0 spiro atoms. The van der Waals surface area contributed by atoms with Crippen LogP contribution in [0.25, 0.3) is 0 Å². The van der Waals surface area contributed by atoms with E-state index in [-0.39, 0.29) is 29.8 Å². The lowest BCUT2D eigenvalue weighted by Crippen LogP contribution is -2.51. The van der Waals surface area contributed by atoms with Crippen molar-refractivity contribution in [3.8, 4) is 0 Å². The fourth-order valence-electron chi connectivity index (χ4n) is 3.80. The molecule has 3 unspecified atom stereocenters. The quantitative estimate of drug-likeness (QED) is 0.650. The van der Waals surface area contributed by atoms with Gasteiger partial charge in [-0.1, -0.05) is 37.1 Å². The van der Waals surface area contributed by atoms with Gasteiger partial charge < -0.3 is 10.2 Å². The van der Waals surface area contributed by atoms with Crippen LogP contribution >= 0.6 is 11.6 Å². The van der Waals surface area contributed by atoms with E-state index in [0.717, 1.165) is 44.3 Å². The summed E-state index contributed by atoms with van der Waals surface area (Å²) >= 11 is 6.07. The highest BCUT2D eigenvalue weighted by atomic mass is 35.5. The van der Waals surface area contributed by atoms with Gasteiger partial charge in [-0.25, -0.2) is 10.9 Å². The van der Waals surface area contributed by atoms with Crippen LogP contribution in [0.3, 0.4) is 0 Å². The second kappa shape index (κ2) is 9.53. The highest BCUT2D eigenvalue weighted by molar-refractivity contribution is 6.30. The van der Waals surface area contributed by atoms with Crippen LogP contribution in [0.2, 0.25) is 5.02 Å². The SMILES string of the molecule is CCCCNC(=O)C1CCCN(C(=O)C2CC(c3cccc(Cl)c3)NN2)C1. The number of hydrazine groups is 1. The summed E-state index contributed by atoms with van der Waals surface area (Å²) < 4.78 is 0. The Morgan fingerprint density at radius 1 is 1.33 bits per heavy atom. The summed E-state index contributed by atoms with van der Waals surface area (Å²) in [5.74, 6) is 0.0472. The second-order valence-electron chi connectivity index (χ2n) is 7.45. The summed E-state index contributed by atoms with van der Waals surface area (Å²) in [6.45, 7) is 4.05. The summed E-state index contributed by atoms with van der Waals surface area (Å²) in [7, 11) is 0. The molecule has 1 aromatic carbocycles. The minimum atomic E-state index is -0.282. The van der Waals surface area contributed by atoms with Crippen molar-refractivity contribution in [2.45, 2.75) is 51.1 Å². The van der Waals surface area contributed by atoms with Gasteiger partial charge in [0, 0.05) is 30.7 Å². The second-order valence-corrected chi connectivity index (χ2v) is 7.89. The first-order chi connectivity index (χ1) is 13.1. The molecule has 0 aromatic heterocycles. The Kier molecular flexibility index (Phi) is 7.10. The van der Waals surface area contributed by atoms with E-state index < -0.39 is 0 Å². The lowest BCUT2D eigenvalue weighted by atomic mass is 9.95. The van der Waals surface area contributed by atoms with Gasteiger partial charge in [0.05, 0.1) is 5.92 Å². The number of nitrogens with one attached hydrogen (secondary N) is 3. The predicted molar refractivity (Wildman–Crippen MR) is 106 cm³/mol. The molecule has 7 heteroatoms. The maximum absolute atomic E-state index is 12.9. The van der Waals surface area contributed by atoms with Gasteiger partial charge in [-0.05, 0) is 43.4 Å². The van der Waals surface area contributed by atoms with E-state index in [9.17, 15) is 9.59 Å². The first kappa shape index (κ1) is 20.1. The number of nitrogens with zero attached hydrogens (tertiary/aromatic N) is 1. The van der Waals surface area contributed by atoms with E-state index in [1.165, 1.54) is 0 Å². The Hall–Kier alpha value is -1.63. The van der Waals surface area contributed by atoms with Gasteiger partial charge in [0.25, 0.3) is 0 Å². The Labute approximate surface area is 166 Å². The number of halogens is 1. The van der Waals surface area contributed by atoms with Crippen LogP contribution < -0.4 is 16.2 Å². The summed E-state index contributed by atoms with van der Waals surface area (Å²) in [6.07, 6.45) is 4.44. The molecule has 2 saturated heterocycles. The smallest absolute Gasteiger partial charge is 0.241 e. The molecule has 2 aliphatic heterocycles. The monoisotopic (exact) mass is 392 g/mol. The first-order valence-corrected chi connectivity index (χ1v) is 10.3. The third-order valence-electron chi connectivity index (χ3n) is 5.39. The lowest BCUT2D eigenvalue weighted by Gasteiger charge is -2.33. The zero-order valence-corrected chi connectivity index (χ0v) is 16.6. The van der Waals surface area contributed by atoms with Crippen molar-refractivity contribution in [1.29, 1.82) is 0 Å². The summed E-state index contributed by atoms with van der Waals surface area (Å²) in [6, 6.07) is 7.46. The number of rotatable bonds is 6. The molecule has 27 heavy (non-hydrogen) atoms. The summed E-state index contributed by atoms with van der Waals surface area (Å²) in [5, 5.41) is 3.69. The normalized spacial score (nSPS) is 25.4. The van der Waals surface area contributed by atoms with Crippen molar-refractivity contribution in [3.05, 3.63) is 34.9 Å². The number of unbranched alkanes of at least 4 members (excludes halogenated alkanes) is 1. The van der Waals surface area contributed by atoms with Crippen LogP contribution in [0.4, 0.5) is 0 Å². The van der Waals surface area contributed by atoms with Gasteiger partial charge in [0.1, 0.15) is 6.04 Å². The molecule has 0 bridgehead atoms. The van der Waals surface area contributed by atoms with Crippen LogP contribution in [0.5, 0.6) is 0 Å². The zero-order chi connectivity index (χ0) is 19.2. The van der Waals surface area contributed by atoms with E-state index in [2.05, 4.69) is 23.1 Å². The number of amides is 2. The van der Waals surface area contributed by atoms with Gasteiger partial charge in [-0.2, -0.15) is 0 Å². The van der Waals surface area contributed by atoms with Crippen LogP contribution in [-0.4, -0.2) is 42.4 Å². The molecule has 0 aliphatic carbocycles. The van der Waals surface area contributed by atoms with Gasteiger partial charge in [0.15, 0.2) is 0 Å². The molecule has 3 atom stereocenters. The van der Waals surface area contributed by atoms with E-state index in [0.29, 0.717) is 18.0 Å². The van der Waals surface area contributed by atoms with Crippen molar-refractivity contribution < 1.29 is 9.59 Å². The third-order valence-corrected chi connectivity index (χ3v) is 5.62. The topological polar surface area (TPSA) is 73.5 Å². The fraction of sp³-hybridized carbons (Fsp3) is 0.600. The van der Waals surface area contributed by atoms with Crippen LogP contribution in [0.15, 0.2) is 24.3 Å². The molecular formula is C20H29ClN4O2. The van der Waals surface area contributed by atoms with Crippen molar-refractivity contribution in [1.82, 2.24) is 21.1 Å². The minimum absolute atomic E-state index is 0.0515. The van der Waals surface area contributed by atoms with Crippen molar-refractivity contribution >= 4 is 23.4 Å². The van der Waals surface area contributed by atoms with Crippen molar-refractivity contribution in [3.63, 3.8) is 0 Å². The third kappa shape index (κ3) is 5.21. The van der Waals surface area contributed by atoms with E-state index in [1.54, 1.807) is 0 Å². The van der Waals surface area contributed by atoms with Gasteiger partial charge >= 0.3 is 0 Å². The average molecular weight is 393 g/mol. The van der Waals surface area contributed by atoms with Gasteiger partial charge in [-0.3, -0.25) is 9.59 Å². The molecule has 2 fully saturated rings. The number of hydrogen-bond donors (Lipinski definition) is 3. The number of hydrogen-bond acceptors (Lipinski definition) is 4. The highest BCUT2D eigenvalue weighted by Crippen LogP contribution is 2.26. The average Bonchev–Trinajstić information content (AvgIpc) is 3.18. The zero-order valence-electron chi connectivity index (χ0n) is 15.8. The molecule has 2 aliphatic rings. The molecule has 148 valence electrons. The molecule has 2 amide bonds. The molecule has 0 radical (unpaired) electrons.